The summed E-state index contributed by atoms with van der Waals surface area (Å²) in [5.74, 6) is -1.36. The van der Waals surface area contributed by atoms with Crippen LogP contribution in [0.4, 0.5) is 4.39 Å². The Morgan fingerprint density at radius 1 is 1.38 bits per heavy atom. The molecule has 2 heterocycles. The van der Waals surface area contributed by atoms with E-state index < -0.39 is 5.92 Å². The minimum Gasteiger partial charge on any atom is -0.395 e. The molecule has 0 spiro atoms. The summed E-state index contributed by atoms with van der Waals surface area (Å²) in [4.78, 5) is 14.6. The molecule has 0 saturated heterocycles. The van der Waals surface area contributed by atoms with Crippen molar-refractivity contribution < 1.29 is 14.3 Å². The SMILES string of the molecule is CN1CCn2ncc(CNC(=O)C(CO)c3ccc(F)cc3)c2C1. The number of nitrogens with one attached hydrogen (secondary N) is 1. The fourth-order valence-corrected chi connectivity index (χ4v) is 2.91. The van der Waals surface area contributed by atoms with Gasteiger partial charge in [-0.3, -0.25) is 14.4 Å². The van der Waals surface area contributed by atoms with Gasteiger partial charge in [0.15, 0.2) is 0 Å². The van der Waals surface area contributed by atoms with E-state index >= 15 is 0 Å². The second kappa shape index (κ2) is 7.11. The van der Waals surface area contributed by atoms with Gasteiger partial charge in [0, 0.05) is 25.2 Å². The molecule has 2 N–H and O–H groups in total. The molecule has 1 aliphatic rings. The molecule has 1 atom stereocenters. The maximum absolute atomic E-state index is 13.0. The van der Waals surface area contributed by atoms with Crippen molar-refractivity contribution in [1.29, 1.82) is 0 Å². The lowest BCUT2D eigenvalue weighted by atomic mass is 9.99. The molecule has 0 bridgehead atoms. The molecule has 0 aliphatic carbocycles. The number of likely N-dealkylation sites (N-methyl/N-ethyl adjacent to an activating group) is 1. The van der Waals surface area contributed by atoms with Crippen LogP contribution in [0.25, 0.3) is 0 Å². The molecular weight excluding hydrogens is 311 g/mol. The van der Waals surface area contributed by atoms with Gasteiger partial charge in [0.25, 0.3) is 0 Å². The van der Waals surface area contributed by atoms with Gasteiger partial charge in [-0.25, -0.2) is 4.39 Å². The summed E-state index contributed by atoms with van der Waals surface area (Å²) in [5, 5.41) is 16.7. The van der Waals surface area contributed by atoms with E-state index in [1.54, 1.807) is 6.20 Å². The molecule has 24 heavy (non-hydrogen) atoms. The zero-order chi connectivity index (χ0) is 17.1. The predicted molar refractivity (Wildman–Crippen MR) is 86.6 cm³/mol. The van der Waals surface area contributed by atoms with E-state index in [2.05, 4.69) is 22.4 Å². The second-order valence-corrected chi connectivity index (χ2v) is 6.08. The summed E-state index contributed by atoms with van der Waals surface area (Å²) in [6.45, 7) is 2.63. The standard InChI is InChI=1S/C17H21FN4O2/c1-21-6-7-22-16(10-21)13(9-20-22)8-19-17(24)15(11-23)12-2-4-14(18)5-3-12/h2-5,9,15,23H,6-8,10-11H2,1H3,(H,19,24). The third-order valence-electron chi connectivity index (χ3n) is 4.37. The number of aliphatic hydroxyl groups excluding tert-OH is 1. The van der Waals surface area contributed by atoms with Crippen molar-refractivity contribution in [3.63, 3.8) is 0 Å². The number of halogens is 1. The molecule has 3 rings (SSSR count). The van der Waals surface area contributed by atoms with Crippen LogP contribution in [-0.2, 0) is 24.4 Å². The van der Waals surface area contributed by atoms with E-state index in [0.29, 0.717) is 12.1 Å². The van der Waals surface area contributed by atoms with Crippen LogP contribution in [0.1, 0.15) is 22.7 Å². The summed E-state index contributed by atoms with van der Waals surface area (Å²) in [6.07, 6.45) is 1.78. The zero-order valence-corrected chi connectivity index (χ0v) is 13.6. The monoisotopic (exact) mass is 332 g/mol. The van der Waals surface area contributed by atoms with Crippen molar-refractivity contribution in [3.05, 3.63) is 53.1 Å². The van der Waals surface area contributed by atoms with Gasteiger partial charge in [-0.05, 0) is 24.7 Å². The number of carbonyl (C=O) groups is 1. The van der Waals surface area contributed by atoms with E-state index in [0.717, 1.165) is 30.9 Å². The van der Waals surface area contributed by atoms with Crippen LogP contribution in [0, 0.1) is 5.82 Å². The molecule has 1 aromatic carbocycles. The van der Waals surface area contributed by atoms with Gasteiger partial charge in [0.1, 0.15) is 5.82 Å². The molecule has 2 aromatic rings. The van der Waals surface area contributed by atoms with Gasteiger partial charge >= 0.3 is 0 Å². The zero-order valence-electron chi connectivity index (χ0n) is 13.6. The number of benzene rings is 1. The van der Waals surface area contributed by atoms with Crippen molar-refractivity contribution in [2.75, 3.05) is 20.2 Å². The number of aromatic nitrogens is 2. The Balaban J connectivity index is 1.66. The van der Waals surface area contributed by atoms with Crippen molar-refractivity contribution in [2.24, 2.45) is 0 Å². The van der Waals surface area contributed by atoms with Gasteiger partial charge in [-0.15, -0.1) is 0 Å². The summed E-state index contributed by atoms with van der Waals surface area (Å²) in [7, 11) is 2.05. The van der Waals surface area contributed by atoms with Crippen LogP contribution >= 0.6 is 0 Å². The topological polar surface area (TPSA) is 70.4 Å². The number of hydrogen-bond acceptors (Lipinski definition) is 4. The molecule has 0 radical (unpaired) electrons. The quantitative estimate of drug-likeness (QED) is 0.852. The molecule has 7 heteroatoms. The molecule has 6 nitrogen and oxygen atoms in total. The number of rotatable bonds is 5. The van der Waals surface area contributed by atoms with Crippen LogP contribution in [0.3, 0.4) is 0 Å². The van der Waals surface area contributed by atoms with E-state index in [1.807, 2.05) is 4.68 Å². The smallest absolute Gasteiger partial charge is 0.230 e. The van der Waals surface area contributed by atoms with Crippen LogP contribution in [0.2, 0.25) is 0 Å². The first-order chi connectivity index (χ1) is 11.6. The molecule has 1 aromatic heterocycles. The van der Waals surface area contributed by atoms with Crippen LogP contribution in [0.15, 0.2) is 30.5 Å². The van der Waals surface area contributed by atoms with E-state index in [1.165, 1.54) is 24.3 Å². The maximum Gasteiger partial charge on any atom is 0.230 e. The number of hydrogen-bond donors (Lipinski definition) is 2. The number of amides is 1. The van der Waals surface area contributed by atoms with Crippen LogP contribution in [-0.4, -0.2) is 45.9 Å². The number of carbonyl (C=O) groups excluding carboxylic acids is 1. The summed E-state index contributed by atoms with van der Waals surface area (Å²) in [5.41, 5.74) is 2.67. The largest absolute Gasteiger partial charge is 0.395 e. The highest BCUT2D eigenvalue weighted by Crippen LogP contribution is 2.18. The fourth-order valence-electron chi connectivity index (χ4n) is 2.91. The number of nitrogens with zero attached hydrogens (tertiary/aromatic N) is 3. The lowest BCUT2D eigenvalue weighted by Gasteiger charge is -2.24. The average molecular weight is 332 g/mol. The van der Waals surface area contributed by atoms with E-state index in [-0.39, 0.29) is 18.3 Å². The second-order valence-electron chi connectivity index (χ2n) is 6.08. The Morgan fingerprint density at radius 3 is 2.83 bits per heavy atom. The van der Waals surface area contributed by atoms with Crippen molar-refractivity contribution >= 4 is 5.91 Å². The molecule has 0 saturated carbocycles. The summed E-state index contributed by atoms with van der Waals surface area (Å²) >= 11 is 0. The summed E-state index contributed by atoms with van der Waals surface area (Å²) in [6, 6.07) is 5.61. The third kappa shape index (κ3) is 3.47. The molecule has 128 valence electrons. The normalized spacial score (nSPS) is 15.8. The average Bonchev–Trinajstić information content (AvgIpc) is 2.97. The molecule has 0 fully saturated rings. The van der Waals surface area contributed by atoms with Crippen molar-refractivity contribution in [2.45, 2.75) is 25.6 Å². The first kappa shape index (κ1) is 16.6. The summed E-state index contributed by atoms with van der Waals surface area (Å²) < 4.78 is 15.0. The minimum absolute atomic E-state index is 0.284. The van der Waals surface area contributed by atoms with Gasteiger partial charge in [-0.1, -0.05) is 12.1 Å². The Bertz CT molecular complexity index is 714. The van der Waals surface area contributed by atoms with Crippen LogP contribution in [0.5, 0.6) is 0 Å². The minimum atomic E-state index is -0.709. The lowest BCUT2D eigenvalue weighted by molar-refractivity contribution is -0.123. The molecule has 1 amide bonds. The first-order valence-electron chi connectivity index (χ1n) is 7.94. The van der Waals surface area contributed by atoms with Crippen molar-refractivity contribution in [3.8, 4) is 0 Å². The highest BCUT2D eigenvalue weighted by Gasteiger charge is 2.22. The first-order valence-corrected chi connectivity index (χ1v) is 7.94. The molecule has 1 aliphatic heterocycles. The van der Waals surface area contributed by atoms with E-state index in [4.69, 9.17) is 0 Å². The number of fused-ring (bicyclic) bond motifs is 1. The van der Waals surface area contributed by atoms with Gasteiger partial charge < -0.3 is 10.4 Å². The highest BCUT2D eigenvalue weighted by atomic mass is 19.1. The number of aliphatic hydroxyl groups is 1. The Labute approximate surface area is 139 Å². The lowest BCUT2D eigenvalue weighted by Crippen LogP contribution is -2.33. The fraction of sp³-hybridized carbons (Fsp3) is 0.412. The molecule has 1 unspecified atom stereocenters. The Hall–Kier alpha value is -2.25. The van der Waals surface area contributed by atoms with Gasteiger partial charge in [0.05, 0.1) is 31.0 Å². The molecular formula is C17H21FN4O2. The van der Waals surface area contributed by atoms with Gasteiger partial charge in [-0.2, -0.15) is 5.10 Å². The maximum atomic E-state index is 13.0. The Kier molecular flexibility index (Phi) is 4.92. The van der Waals surface area contributed by atoms with Crippen molar-refractivity contribution in [1.82, 2.24) is 20.0 Å². The van der Waals surface area contributed by atoms with Crippen LogP contribution < -0.4 is 5.32 Å². The van der Waals surface area contributed by atoms with Gasteiger partial charge in [0.2, 0.25) is 5.91 Å². The predicted octanol–water partition coefficient (Wildman–Crippen LogP) is 0.860. The highest BCUT2D eigenvalue weighted by molar-refractivity contribution is 5.83. The Morgan fingerprint density at radius 2 is 2.12 bits per heavy atom. The third-order valence-corrected chi connectivity index (χ3v) is 4.37. The van der Waals surface area contributed by atoms with E-state index in [9.17, 15) is 14.3 Å².